The SMILES string of the molecule is CC(C)(C)OC(=O)N1CC[C@@](C(=O)NOCCO)(C(F)(F)F)C1. The number of amides is 2. The predicted molar refractivity (Wildman–Crippen MR) is 72.1 cm³/mol. The summed E-state index contributed by atoms with van der Waals surface area (Å²) in [6.07, 6.45) is -6.37. The van der Waals surface area contributed by atoms with Gasteiger partial charge in [0.2, 0.25) is 0 Å². The van der Waals surface area contributed by atoms with Crippen LogP contribution in [0.25, 0.3) is 0 Å². The minimum atomic E-state index is -4.86. The number of likely N-dealkylation sites (tertiary alicyclic amines) is 1. The average Bonchev–Trinajstić information content (AvgIpc) is 2.82. The van der Waals surface area contributed by atoms with Crippen LogP contribution < -0.4 is 5.48 Å². The molecule has 2 amide bonds. The number of carbonyl (C=O) groups excluding carboxylic acids is 2. The zero-order valence-corrected chi connectivity index (χ0v) is 13.2. The molecule has 7 nitrogen and oxygen atoms in total. The zero-order chi connectivity index (χ0) is 17.9. The molecule has 0 aromatic heterocycles. The van der Waals surface area contributed by atoms with Crippen LogP contribution in [-0.2, 0) is 14.4 Å². The maximum absolute atomic E-state index is 13.4. The fourth-order valence-electron chi connectivity index (χ4n) is 2.10. The Hall–Kier alpha value is -1.55. The van der Waals surface area contributed by atoms with E-state index in [9.17, 15) is 22.8 Å². The minimum absolute atomic E-state index is 0.262. The second-order valence-electron chi connectivity index (χ2n) is 6.24. The molecule has 10 heteroatoms. The highest BCUT2D eigenvalue weighted by molar-refractivity contribution is 5.84. The van der Waals surface area contributed by atoms with E-state index in [1.165, 1.54) is 0 Å². The van der Waals surface area contributed by atoms with Gasteiger partial charge in [-0.3, -0.25) is 9.63 Å². The molecule has 2 N–H and O–H groups in total. The highest BCUT2D eigenvalue weighted by atomic mass is 19.4. The second kappa shape index (κ2) is 6.91. The van der Waals surface area contributed by atoms with Gasteiger partial charge < -0.3 is 14.7 Å². The van der Waals surface area contributed by atoms with Crippen molar-refractivity contribution in [3.05, 3.63) is 0 Å². The van der Waals surface area contributed by atoms with Crippen molar-refractivity contribution in [2.24, 2.45) is 5.41 Å². The molecule has 1 aliphatic rings. The molecular formula is C13H21F3N2O5. The van der Waals surface area contributed by atoms with E-state index in [0.717, 1.165) is 4.90 Å². The number of rotatable bonds is 4. The van der Waals surface area contributed by atoms with E-state index in [1.807, 2.05) is 0 Å². The third kappa shape index (κ3) is 4.71. The number of hydrogen-bond donors (Lipinski definition) is 2. The number of halogens is 3. The van der Waals surface area contributed by atoms with Crippen LogP contribution in [0.5, 0.6) is 0 Å². The number of aliphatic hydroxyl groups excluding tert-OH is 1. The van der Waals surface area contributed by atoms with Gasteiger partial charge in [-0.1, -0.05) is 0 Å². The van der Waals surface area contributed by atoms with Crippen molar-refractivity contribution in [2.75, 3.05) is 26.3 Å². The van der Waals surface area contributed by atoms with E-state index in [4.69, 9.17) is 9.84 Å². The number of alkyl halides is 3. The molecule has 0 radical (unpaired) electrons. The summed E-state index contributed by atoms with van der Waals surface area (Å²) in [6, 6.07) is 0. The van der Waals surface area contributed by atoms with Crippen LogP contribution in [0.1, 0.15) is 27.2 Å². The van der Waals surface area contributed by atoms with E-state index in [-0.39, 0.29) is 13.2 Å². The summed E-state index contributed by atoms with van der Waals surface area (Å²) in [6.45, 7) is 2.87. The van der Waals surface area contributed by atoms with E-state index in [1.54, 1.807) is 26.3 Å². The predicted octanol–water partition coefficient (Wildman–Crippen LogP) is 1.22. The molecule has 0 unspecified atom stereocenters. The third-order valence-corrected chi connectivity index (χ3v) is 3.26. The molecule has 0 saturated carbocycles. The summed E-state index contributed by atoms with van der Waals surface area (Å²) >= 11 is 0. The first-order chi connectivity index (χ1) is 10.4. The lowest BCUT2D eigenvalue weighted by Gasteiger charge is -2.30. The molecule has 23 heavy (non-hydrogen) atoms. The van der Waals surface area contributed by atoms with Crippen molar-refractivity contribution >= 4 is 12.0 Å². The van der Waals surface area contributed by atoms with Crippen molar-refractivity contribution < 1.29 is 37.4 Å². The quantitative estimate of drug-likeness (QED) is 0.592. The first-order valence-electron chi connectivity index (χ1n) is 7.01. The Bertz CT molecular complexity index is 450. The maximum atomic E-state index is 13.4. The smallest absolute Gasteiger partial charge is 0.410 e. The van der Waals surface area contributed by atoms with Crippen LogP contribution >= 0.6 is 0 Å². The molecule has 1 fully saturated rings. The standard InChI is InChI=1S/C13H21F3N2O5/c1-11(2,3)23-10(21)18-5-4-12(8-18,13(14,15)16)9(20)17-22-7-6-19/h19H,4-8H2,1-3H3,(H,17,20)/t12-/m1/s1. The van der Waals surface area contributed by atoms with Crippen LogP contribution in [0.4, 0.5) is 18.0 Å². The van der Waals surface area contributed by atoms with Crippen molar-refractivity contribution in [1.82, 2.24) is 10.4 Å². The van der Waals surface area contributed by atoms with Crippen molar-refractivity contribution in [3.8, 4) is 0 Å². The van der Waals surface area contributed by atoms with Crippen molar-refractivity contribution in [3.63, 3.8) is 0 Å². The zero-order valence-electron chi connectivity index (χ0n) is 13.2. The Labute approximate surface area is 131 Å². The van der Waals surface area contributed by atoms with Crippen molar-refractivity contribution in [1.29, 1.82) is 0 Å². The molecule has 0 bridgehead atoms. The molecule has 134 valence electrons. The number of nitrogens with zero attached hydrogens (tertiary/aromatic N) is 1. The van der Waals surface area contributed by atoms with Gasteiger partial charge in [-0.25, -0.2) is 10.3 Å². The van der Waals surface area contributed by atoms with Gasteiger partial charge in [0, 0.05) is 13.1 Å². The first kappa shape index (κ1) is 19.5. The molecular weight excluding hydrogens is 321 g/mol. The molecule has 1 rings (SSSR count). The van der Waals surface area contributed by atoms with Gasteiger partial charge in [-0.05, 0) is 27.2 Å². The number of carbonyl (C=O) groups is 2. The summed E-state index contributed by atoms with van der Waals surface area (Å²) in [7, 11) is 0. The average molecular weight is 342 g/mol. The number of ether oxygens (including phenoxy) is 1. The maximum Gasteiger partial charge on any atom is 0.410 e. The molecule has 1 heterocycles. The summed E-state index contributed by atoms with van der Waals surface area (Å²) in [5, 5.41) is 8.52. The lowest BCUT2D eigenvalue weighted by Crippen LogP contribution is -2.53. The van der Waals surface area contributed by atoms with Crippen LogP contribution in [0.3, 0.4) is 0 Å². The Kier molecular flexibility index (Phi) is 5.86. The minimum Gasteiger partial charge on any atom is -0.444 e. The highest BCUT2D eigenvalue weighted by Crippen LogP contribution is 2.46. The molecule has 0 aromatic rings. The van der Waals surface area contributed by atoms with Crippen molar-refractivity contribution in [2.45, 2.75) is 39.0 Å². The van der Waals surface area contributed by atoms with Gasteiger partial charge in [0.05, 0.1) is 13.2 Å². The largest absolute Gasteiger partial charge is 0.444 e. The Morgan fingerprint density at radius 3 is 2.39 bits per heavy atom. The van der Waals surface area contributed by atoms with E-state index in [2.05, 4.69) is 4.84 Å². The van der Waals surface area contributed by atoms with E-state index >= 15 is 0 Å². The summed E-state index contributed by atoms with van der Waals surface area (Å²) in [5.41, 5.74) is -1.94. The highest BCUT2D eigenvalue weighted by Gasteiger charge is 2.64. The van der Waals surface area contributed by atoms with Gasteiger partial charge >= 0.3 is 12.3 Å². The van der Waals surface area contributed by atoms with Gasteiger partial charge in [0.25, 0.3) is 5.91 Å². The van der Waals surface area contributed by atoms with Crippen LogP contribution in [-0.4, -0.2) is 60.1 Å². The topological polar surface area (TPSA) is 88.1 Å². The molecule has 0 aliphatic carbocycles. The van der Waals surface area contributed by atoms with Crippen LogP contribution in [0.15, 0.2) is 0 Å². The van der Waals surface area contributed by atoms with Gasteiger partial charge in [0.15, 0.2) is 5.41 Å². The van der Waals surface area contributed by atoms with Gasteiger partial charge in [-0.2, -0.15) is 13.2 Å². The number of hydroxylamine groups is 1. The first-order valence-corrected chi connectivity index (χ1v) is 7.01. The van der Waals surface area contributed by atoms with E-state index in [0.29, 0.717) is 0 Å². The third-order valence-electron chi connectivity index (χ3n) is 3.26. The normalized spacial score (nSPS) is 22.1. The summed E-state index contributed by atoms with van der Waals surface area (Å²) in [5.74, 6) is -1.40. The van der Waals surface area contributed by atoms with Gasteiger partial charge in [0.1, 0.15) is 5.60 Å². The lowest BCUT2D eigenvalue weighted by molar-refractivity contribution is -0.223. The second-order valence-corrected chi connectivity index (χ2v) is 6.24. The number of nitrogens with one attached hydrogen (secondary N) is 1. The van der Waals surface area contributed by atoms with Gasteiger partial charge in [-0.15, -0.1) is 0 Å². The summed E-state index contributed by atoms with van der Waals surface area (Å²) < 4.78 is 45.2. The van der Waals surface area contributed by atoms with Crippen LogP contribution in [0, 0.1) is 5.41 Å². The Balaban J connectivity index is 2.86. The van der Waals surface area contributed by atoms with E-state index < -0.39 is 48.8 Å². The molecule has 1 aliphatic heterocycles. The lowest BCUT2D eigenvalue weighted by atomic mass is 9.85. The molecule has 1 saturated heterocycles. The molecule has 0 spiro atoms. The Morgan fingerprint density at radius 2 is 1.91 bits per heavy atom. The number of aliphatic hydroxyl groups is 1. The Morgan fingerprint density at radius 1 is 1.30 bits per heavy atom. The number of hydrogen-bond acceptors (Lipinski definition) is 5. The molecule has 0 aromatic carbocycles. The fraction of sp³-hybridized carbons (Fsp3) is 0.846. The van der Waals surface area contributed by atoms with Crippen LogP contribution in [0.2, 0.25) is 0 Å². The monoisotopic (exact) mass is 342 g/mol. The molecule has 1 atom stereocenters. The summed E-state index contributed by atoms with van der Waals surface area (Å²) in [4.78, 5) is 29.1. The fourth-order valence-corrected chi connectivity index (χ4v) is 2.10.